The minimum Gasteiger partial charge on any atom is -0.302 e. The van der Waals surface area contributed by atoms with Gasteiger partial charge in [-0.1, -0.05) is 0 Å². The van der Waals surface area contributed by atoms with Gasteiger partial charge in [0.15, 0.2) is 0 Å². The Morgan fingerprint density at radius 3 is 2.62 bits per heavy atom. The van der Waals surface area contributed by atoms with Crippen molar-refractivity contribution in [1.82, 2.24) is 0 Å². The fourth-order valence-electron chi connectivity index (χ4n) is 2.47. The maximum atomic E-state index is 14.1. The standard InChI is InChI=1S/C16H17FN2O2/c1-10-7-11-13(12(17)8-10)19(15(21)14(11)20)6-4-5-16(2,3)9-18/h7-8H,4-6H2,1-3H3. The third kappa shape index (κ3) is 2.80. The van der Waals surface area contributed by atoms with E-state index in [4.69, 9.17) is 5.26 Å². The predicted octanol–water partition coefficient (Wildman–Crippen LogP) is 2.99. The number of anilines is 1. The number of aryl methyl sites for hydroxylation is 1. The highest BCUT2D eigenvalue weighted by atomic mass is 19.1. The van der Waals surface area contributed by atoms with Crippen LogP contribution in [0.15, 0.2) is 12.1 Å². The Kier molecular flexibility index (Phi) is 3.82. The fraction of sp³-hybridized carbons (Fsp3) is 0.438. The van der Waals surface area contributed by atoms with E-state index in [1.54, 1.807) is 6.92 Å². The summed E-state index contributed by atoms with van der Waals surface area (Å²) in [5, 5.41) is 8.97. The van der Waals surface area contributed by atoms with Crippen LogP contribution in [0.3, 0.4) is 0 Å². The van der Waals surface area contributed by atoms with Crippen molar-refractivity contribution in [1.29, 1.82) is 5.26 Å². The number of Topliss-reactive ketones (excluding diaryl/α,β-unsaturated/α-hetero) is 1. The van der Waals surface area contributed by atoms with E-state index in [1.807, 2.05) is 13.8 Å². The molecule has 21 heavy (non-hydrogen) atoms. The van der Waals surface area contributed by atoms with Gasteiger partial charge in [-0.3, -0.25) is 9.59 Å². The zero-order valence-electron chi connectivity index (χ0n) is 12.4. The summed E-state index contributed by atoms with van der Waals surface area (Å²) in [4.78, 5) is 25.1. The zero-order chi connectivity index (χ0) is 15.8. The van der Waals surface area contributed by atoms with Crippen LogP contribution in [0.4, 0.5) is 10.1 Å². The van der Waals surface area contributed by atoms with Crippen molar-refractivity contribution < 1.29 is 14.0 Å². The topological polar surface area (TPSA) is 61.2 Å². The summed E-state index contributed by atoms with van der Waals surface area (Å²) in [5.41, 5.74) is 0.323. The number of carbonyl (C=O) groups excluding carboxylic acids is 2. The van der Waals surface area contributed by atoms with E-state index in [-0.39, 0.29) is 17.8 Å². The Balaban J connectivity index is 2.22. The first-order chi connectivity index (χ1) is 9.76. The van der Waals surface area contributed by atoms with Crippen molar-refractivity contribution in [2.24, 2.45) is 5.41 Å². The summed E-state index contributed by atoms with van der Waals surface area (Å²) in [6.07, 6.45) is 1.11. The molecule has 0 unspecified atom stereocenters. The van der Waals surface area contributed by atoms with Crippen molar-refractivity contribution in [3.05, 3.63) is 29.1 Å². The van der Waals surface area contributed by atoms with Crippen molar-refractivity contribution >= 4 is 17.4 Å². The Bertz CT molecular complexity index is 659. The van der Waals surface area contributed by atoms with Gasteiger partial charge >= 0.3 is 0 Å². The molecule has 0 fully saturated rings. The Labute approximate surface area is 123 Å². The molecule has 0 spiro atoms. The van der Waals surface area contributed by atoms with Crippen LogP contribution in [0, 0.1) is 29.5 Å². The van der Waals surface area contributed by atoms with E-state index in [2.05, 4.69) is 6.07 Å². The van der Waals surface area contributed by atoms with Crippen LogP contribution in [0.2, 0.25) is 0 Å². The van der Waals surface area contributed by atoms with E-state index in [9.17, 15) is 14.0 Å². The number of halogens is 1. The van der Waals surface area contributed by atoms with E-state index in [0.29, 0.717) is 18.4 Å². The molecule has 0 N–H and O–H groups in total. The van der Waals surface area contributed by atoms with Crippen LogP contribution in [0.5, 0.6) is 0 Å². The molecular formula is C16H17FN2O2. The molecule has 1 amide bonds. The van der Waals surface area contributed by atoms with Gasteiger partial charge in [-0.15, -0.1) is 0 Å². The molecule has 0 atom stereocenters. The second kappa shape index (κ2) is 5.28. The van der Waals surface area contributed by atoms with Gasteiger partial charge in [-0.25, -0.2) is 4.39 Å². The number of rotatable bonds is 4. The maximum absolute atomic E-state index is 14.1. The number of nitrogens with zero attached hydrogens (tertiary/aromatic N) is 2. The normalized spacial score (nSPS) is 14.3. The lowest BCUT2D eigenvalue weighted by atomic mass is 9.90. The molecule has 1 heterocycles. The highest BCUT2D eigenvalue weighted by molar-refractivity contribution is 6.52. The third-order valence-electron chi connectivity index (χ3n) is 3.65. The lowest BCUT2D eigenvalue weighted by Crippen LogP contribution is -2.31. The van der Waals surface area contributed by atoms with Crippen LogP contribution in [-0.2, 0) is 4.79 Å². The van der Waals surface area contributed by atoms with Crippen molar-refractivity contribution in [3.63, 3.8) is 0 Å². The number of ketones is 1. The number of nitriles is 1. The van der Waals surface area contributed by atoms with Gasteiger partial charge in [0, 0.05) is 6.54 Å². The third-order valence-corrected chi connectivity index (χ3v) is 3.65. The molecule has 5 heteroatoms. The first-order valence-electron chi connectivity index (χ1n) is 6.84. The largest absolute Gasteiger partial charge is 0.302 e. The summed E-state index contributed by atoms with van der Waals surface area (Å²) < 4.78 is 14.1. The number of amides is 1. The second-order valence-electron chi connectivity index (χ2n) is 6.03. The van der Waals surface area contributed by atoms with E-state index >= 15 is 0 Å². The molecule has 1 aromatic carbocycles. The van der Waals surface area contributed by atoms with E-state index in [1.165, 1.54) is 17.0 Å². The second-order valence-corrected chi connectivity index (χ2v) is 6.03. The smallest absolute Gasteiger partial charge is 0.299 e. The summed E-state index contributed by atoms with van der Waals surface area (Å²) in [7, 11) is 0. The maximum Gasteiger partial charge on any atom is 0.299 e. The molecule has 1 aliphatic heterocycles. The number of hydrogen-bond donors (Lipinski definition) is 0. The average molecular weight is 288 g/mol. The first kappa shape index (κ1) is 15.2. The Morgan fingerprint density at radius 1 is 1.33 bits per heavy atom. The predicted molar refractivity (Wildman–Crippen MR) is 76.4 cm³/mol. The van der Waals surface area contributed by atoms with Gasteiger partial charge in [0.1, 0.15) is 5.82 Å². The molecule has 110 valence electrons. The zero-order valence-corrected chi connectivity index (χ0v) is 12.4. The van der Waals surface area contributed by atoms with Gasteiger partial charge in [0.05, 0.1) is 22.7 Å². The van der Waals surface area contributed by atoms with Gasteiger partial charge in [-0.05, 0) is 51.3 Å². The molecule has 0 aliphatic carbocycles. The molecular weight excluding hydrogens is 271 g/mol. The number of benzene rings is 1. The van der Waals surface area contributed by atoms with Crippen LogP contribution in [-0.4, -0.2) is 18.2 Å². The average Bonchev–Trinajstić information content (AvgIpc) is 2.64. The number of fused-ring (bicyclic) bond motifs is 1. The lowest BCUT2D eigenvalue weighted by Gasteiger charge is -2.20. The lowest BCUT2D eigenvalue weighted by molar-refractivity contribution is -0.114. The summed E-state index contributed by atoms with van der Waals surface area (Å²) >= 11 is 0. The molecule has 0 saturated carbocycles. The van der Waals surface area contributed by atoms with Crippen molar-refractivity contribution in [2.45, 2.75) is 33.6 Å². The van der Waals surface area contributed by atoms with Gasteiger partial charge < -0.3 is 4.90 Å². The summed E-state index contributed by atoms with van der Waals surface area (Å²) in [6.45, 7) is 5.53. The van der Waals surface area contributed by atoms with Crippen molar-refractivity contribution in [3.8, 4) is 6.07 Å². The highest BCUT2D eigenvalue weighted by Gasteiger charge is 2.38. The molecule has 0 radical (unpaired) electrons. The summed E-state index contributed by atoms with van der Waals surface area (Å²) in [5.74, 6) is -1.90. The van der Waals surface area contributed by atoms with E-state index in [0.717, 1.165) is 0 Å². The van der Waals surface area contributed by atoms with Gasteiger partial charge in [-0.2, -0.15) is 5.26 Å². The van der Waals surface area contributed by atoms with E-state index < -0.39 is 22.9 Å². The molecule has 0 bridgehead atoms. The molecule has 1 aliphatic rings. The van der Waals surface area contributed by atoms with Gasteiger partial charge in [0.25, 0.3) is 11.7 Å². The van der Waals surface area contributed by atoms with Crippen LogP contribution < -0.4 is 4.90 Å². The minimum atomic E-state index is -0.690. The molecule has 0 aromatic heterocycles. The number of carbonyl (C=O) groups is 2. The first-order valence-corrected chi connectivity index (χ1v) is 6.84. The molecule has 4 nitrogen and oxygen atoms in total. The highest BCUT2D eigenvalue weighted by Crippen LogP contribution is 2.33. The van der Waals surface area contributed by atoms with Crippen molar-refractivity contribution in [2.75, 3.05) is 11.4 Å². The molecule has 2 rings (SSSR count). The monoisotopic (exact) mass is 288 g/mol. The summed E-state index contributed by atoms with van der Waals surface area (Å²) in [6, 6.07) is 5.04. The molecule has 0 saturated heterocycles. The number of hydrogen-bond acceptors (Lipinski definition) is 3. The van der Waals surface area contributed by atoms with Crippen LogP contribution in [0.1, 0.15) is 42.6 Å². The SMILES string of the molecule is Cc1cc(F)c2c(c1)C(=O)C(=O)N2CCCC(C)(C)C#N. The quantitative estimate of drug-likeness (QED) is 0.800. The fourth-order valence-corrected chi connectivity index (χ4v) is 2.47. The Hall–Kier alpha value is -2.22. The van der Waals surface area contributed by atoms with Gasteiger partial charge in [0.2, 0.25) is 0 Å². The van der Waals surface area contributed by atoms with Crippen LogP contribution >= 0.6 is 0 Å². The minimum absolute atomic E-state index is 0.0744. The Morgan fingerprint density at radius 2 is 2.00 bits per heavy atom. The molecule has 1 aromatic rings. The van der Waals surface area contributed by atoms with Crippen LogP contribution in [0.25, 0.3) is 0 Å².